The van der Waals surface area contributed by atoms with Gasteiger partial charge in [-0.2, -0.15) is 0 Å². The predicted octanol–water partition coefficient (Wildman–Crippen LogP) is 7.20. The fourth-order valence-corrected chi connectivity index (χ4v) is 4.23. The average Bonchev–Trinajstić information content (AvgIpc) is 3.29. The van der Waals surface area contributed by atoms with Crippen LogP contribution in [-0.4, -0.2) is 14.5 Å². The van der Waals surface area contributed by atoms with Crippen LogP contribution in [0.3, 0.4) is 0 Å². The number of aromatic nitrogens is 3. The quantitative estimate of drug-likeness (QED) is 0.286. The van der Waals surface area contributed by atoms with Gasteiger partial charge in [0.2, 0.25) is 0 Å². The van der Waals surface area contributed by atoms with E-state index in [9.17, 15) is 8.78 Å². The van der Waals surface area contributed by atoms with Crippen LogP contribution in [0.4, 0.5) is 8.78 Å². The number of hydrogen-bond acceptors (Lipinski definition) is 2. The molecule has 0 spiro atoms. The van der Waals surface area contributed by atoms with Gasteiger partial charge in [0.1, 0.15) is 5.69 Å². The van der Waals surface area contributed by atoms with Crippen molar-refractivity contribution in [1.29, 1.82) is 0 Å². The summed E-state index contributed by atoms with van der Waals surface area (Å²) in [5.41, 5.74) is 4.83. The Morgan fingerprint density at radius 1 is 0.676 bits per heavy atom. The number of nitrogens with zero attached hydrogens (tertiary/aromatic N) is 3. The van der Waals surface area contributed by atoms with E-state index in [1.807, 2.05) is 29.1 Å². The maximum absolute atomic E-state index is 14.2. The Balaban J connectivity index is 1.25. The third kappa shape index (κ3) is 3.71. The first-order valence-electron chi connectivity index (χ1n) is 11.0. The molecule has 5 heteroatoms. The molecule has 34 heavy (non-hydrogen) atoms. The Bertz CT molecular complexity index is 1600. The molecule has 0 aromatic heterocycles. The maximum Gasteiger partial charge on any atom is 0.169 e. The zero-order valence-electron chi connectivity index (χ0n) is 18.1. The molecule has 0 N–H and O–H groups in total. The van der Waals surface area contributed by atoms with E-state index >= 15 is 0 Å². The molecule has 0 radical (unpaired) electrons. The molecule has 6 rings (SSSR count). The van der Waals surface area contributed by atoms with Crippen molar-refractivity contribution in [3.05, 3.63) is 121 Å². The van der Waals surface area contributed by atoms with Crippen LogP contribution in [0.1, 0.15) is 5.56 Å². The second kappa shape index (κ2) is 8.19. The highest BCUT2D eigenvalue weighted by molar-refractivity contribution is 5.87. The molecule has 0 amide bonds. The first-order chi connectivity index (χ1) is 16.6. The highest BCUT2D eigenvalue weighted by atomic mass is 19.2. The van der Waals surface area contributed by atoms with Crippen molar-refractivity contribution in [3.63, 3.8) is 0 Å². The van der Waals surface area contributed by atoms with Gasteiger partial charge in [0.05, 0.1) is 11.3 Å². The zero-order chi connectivity index (χ0) is 23.1. The lowest BCUT2D eigenvalue weighted by molar-refractivity contribution is 0.510. The van der Waals surface area contributed by atoms with Crippen LogP contribution >= 0.6 is 0 Å². The molecule has 2 aliphatic rings. The average molecular weight is 447 g/mol. The molecule has 0 fully saturated rings. The third-order valence-electron chi connectivity index (χ3n) is 6.02. The number of imidazole rings is 1. The highest BCUT2D eigenvalue weighted by Crippen LogP contribution is 2.28. The van der Waals surface area contributed by atoms with E-state index in [4.69, 9.17) is 0 Å². The lowest BCUT2D eigenvalue weighted by Crippen LogP contribution is -2.00. The molecule has 0 atom stereocenters. The van der Waals surface area contributed by atoms with E-state index in [1.54, 1.807) is 0 Å². The maximum atomic E-state index is 14.2. The van der Waals surface area contributed by atoms with Gasteiger partial charge in [-0.15, -0.1) is 0 Å². The molecule has 0 unspecified atom stereocenters. The van der Waals surface area contributed by atoms with Gasteiger partial charge in [0.15, 0.2) is 17.5 Å². The standard InChI is InChI=1S/C29H19F2N3/c30-25-7-3-6-24(28(25)31)29-32-26-14-15-34(18-27(26)33-29)17-19-8-10-21(11-9-19)23-13-12-20-4-1-2-5-22(20)16-23/h1-16,18H,17H2. The molecule has 0 saturated carbocycles. The monoisotopic (exact) mass is 447 g/mol. The number of fused-ring (bicyclic) bond motifs is 2. The van der Waals surface area contributed by atoms with Crippen molar-refractivity contribution in [3.8, 4) is 33.9 Å². The molecule has 3 nitrogen and oxygen atoms in total. The lowest BCUT2D eigenvalue weighted by atomic mass is 10.0. The summed E-state index contributed by atoms with van der Waals surface area (Å²) >= 11 is 0. The van der Waals surface area contributed by atoms with Gasteiger partial charge in [-0.25, -0.2) is 18.7 Å². The van der Waals surface area contributed by atoms with Crippen molar-refractivity contribution in [2.24, 2.45) is 0 Å². The van der Waals surface area contributed by atoms with Gasteiger partial charge >= 0.3 is 0 Å². The summed E-state index contributed by atoms with van der Waals surface area (Å²) < 4.78 is 29.8. The van der Waals surface area contributed by atoms with Crippen LogP contribution < -0.4 is 0 Å². The fourth-order valence-electron chi connectivity index (χ4n) is 4.23. The van der Waals surface area contributed by atoms with Crippen LogP contribution in [0.15, 0.2) is 103 Å². The summed E-state index contributed by atoms with van der Waals surface area (Å²) in [7, 11) is 0. The number of hydrogen-bond donors (Lipinski definition) is 0. The smallest absolute Gasteiger partial charge is 0.169 e. The lowest BCUT2D eigenvalue weighted by Gasteiger charge is -2.09. The molecule has 4 aromatic carbocycles. The van der Waals surface area contributed by atoms with Crippen LogP contribution in [-0.2, 0) is 6.54 Å². The molecule has 0 bridgehead atoms. The number of benzene rings is 4. The van der Waals surface area contributed by atoms with Crippen molar-refractivity contribution >= 4 is 10.8 Å². The molecular weight excluding hydrogens is 428 g/mol. The van der Waals surface area contributed by atoms with Crippen molar-refractivity contribution in [1.82, 2.24) is 14.5 Å². The molecule has 0 aliphatic carbocycles. The topological polar surface area (TPSA) is 30.7 Å². The summed E-state index contributed by atoms with van der Waals surface area (Å²) in [6, 6.07) is 29.2. The Hall–Kier alpha value is -4.38. The van der Waals surface area contributed by atoms with Crippen molar-refractivity contribution in [2.45, 2.75) is 6.54 Å². The van der Waals surface area contributed by atoms with E-state index in [2.05, 4.69) is 70.6 Å². The molecule has 2 heterocycles. The van der Waals surface area contributed by atoms with Gasteiger partial charge in [0.25, 0.3) is 0 Å². The first kappa shape index (κ1) is 20.2. The SMILES string of the molecule is Fc1cccc(-c2nc3ccn(Cc4ccc(-c5ccc6ccccc6c5)cc4)cc-3n2)c1F. The molecule has 164 valence electrons. The van der Waals surface area contributed by atoms with Crippen LogP contribution in [0.25, 0.3) is 44.7 Å². The van der Waals surface area contributed by atoms with Crippen LogP contribution in [0, 0.1) is 11.6 Å². The molecule has 0 saturated heterocycles. The Kier molecular flexibility index (Phi) is 4.88. The van der Waals surface area contributed by atoms with E-state index in [-0.39, 0.29) is 11.4 Å². The summed E-state index contributed by atoms with van der Waals surface area (Å²) in [4.78, 5) is 8.80. The van der Waals surface area contributed by atoms with E-state index in [0.717, 1.165) is 11.6 Å². The summed E-state index contributed by atoms with van der Waals surface area (Å²) in [6.45, 7) is 0.657. The number of pyridine rings is 1. The van der Waals surface area contributed by atoms with Crippen molar-refractivity contribution < 1.29 is 8.78 Å². The first-order valence-corrected chi connectivity index (χ1v) is 11.0. The van der Waals surface area contributed by atoms with Gasteiger partial charge in [-0.05, 0) is 51.7 Å². The van der Waals surface area contributed by atoms with Gasteiger partial charge in [-0.1, -0.05) is 66.7 Å². The molecule has 4 aromatic rings. The van der Waals surface area contributed by atoms with Crippen LogP contribution in [0.2, 0.25) is 0 Å². The minimum Gasteiger partial charge on any atom is -0.348 e. The number of rotatable bonds is 4. The predicted molar refractivity (Wildman–Crippen MR) is 130 cm³/mol. The third-order valence-corrected chi connectivity index (χ3v) is 6.02. The molecule has 2 aliphatic heterocycles. The molecular formula is C29H19F2N3. The minimum atomic E-state index is -0.933. The zero-order valence-corrected chi connectivity index (χ0v) is 18.1. The van der Waals surface area contributed by atoms with Gasteiger partial charge < -0.3 is 4.57 Å². The Morgan fingerprint density at radius 2 is 1.44 bits per heavy atom. The van der Waals surface area contributed by atoms with Gasteiger partial charge in [-0.3, -0.25) is 0 Å². The summed E-state index contributed by atoms with van der Waals surface area (Å²) in [5.74, 6) is -1.66. The van der Waals surface area contributed by atoms with Crippen molar-refractivity contribution in [2.75, 3.05) is 0 Å². The second-order valence-electron chi connectivity index (χ2n) is 8.30. The Morgan fingerprint density at radius 3 is 2.29 bits per heavy atom. The Labute approximate surface area is 195 Å². The van der Waals surface area contributed by atoms with E-state index < -0.39 is 11.6 Å². The minimum absolute atomic E-state index is 0.0621. The van der Waals surface area contributed by atoms with Crippen LogP contribution in [0.5, 0.6) is 0 Å². The van der Waals surface area contributed by atoms with Gasteiger partial charge in [0, 0.05) is 18.9 Å². The summed E-state index contributed by atoms with van der Waals surface area (Å²) in [6.07, 6.45) is 3.79. The summed E-state index contributed by atoms with van der Waals surface area (Å²) in [5, 5.41) is 2.45. The van der Waals surface area contributed by atoms with E-state index in [0.29, 0.717) is 17.9 Å². The van der Waals surface area contributed by atoms with E-state index in [1.165, 1.54) is 34.0 Å². The normalized spacial score (nSPS) is 11.4. The number of halogens is 2. The second-order valence-corrected chi connectivity index (χ2v) is 8.30. The largest absolute Gasteiger partial charge is 0.348 e. The highest BCUT2D eigenvalue weighted by Gasteiger charge is 2.17. The fraction of sp³-hybridized carbons (Fsp3) is 0.0345.